The highest BCUT2D eigenvalue weighted by Gasteiger charge is 2.24. The monoisotopic (exact) mass is 342 g/mol. The van der Waals surface area contributed by atoms with Crippen LogP contribution < -0.4 is 4.90 Å². The highest BCUT2D eigenvalue weighted by atomic mass is 16.6. The largest absolute Gasteiger partial charge is 0.402 e. The number of esters is 1. The van der Waals surface area contributed by atoms with Crippen LogP contribution in [0.3, 0.4) is 0 Å². The summed E-state index contributed by atoms with van der Waals surface area (Å²) in [7, 11) is 4.04. The summed E-state index contributed by atoms with van der Waals surface area (Å²) < 4.78 is 5.34. The fourth-order valence-electron chi connectivity index (χ4n) is 3.08. The maximum absolute atomic E-state index is 12.3. The zero-order valence-corrected chi connectivity index (χ0v) is 14.6. The van der Waals surface area contributed by atoms with Crippen LogP contribution in [0.5, 0.6) is 0 Å². The number of fused-ring (bicyclic) bond motifs is 1. The van der Waals surface area contributed by atoms with Crippen molar-refractivity contribution in [2.24, 2.45) is 4.99 Å². The Balaban J connectivity index is 1.81. The Bertz CT molecular complexity index is 1050. The minimum atomic E-state index is -0.426. The minimum Gasteiger partial charge on any atom is -0.402 e. The molecule has 0 aliphatic carbocycles. The maximum Gasteiger partial charge on any atom is 0.363 e. The molecule has 0 fully saturated rings. The Hall–Kier alpha value is -3.40. The lowest BCUT2D eigenvalue weighted by atomic mass is 10.0. The van der Waals surface area contributed by atoms with Gasteiger partial charge in [0.2, 0.25) is 5.90 Å². The average molecular weight is 342 g/mol. The molecule has 0 aromatic heterocycles. The molecule has 1 aliphatic heterocycles. The molecule has 0 unspecified atom stereocenters. The summed E-state index contributed by atoms with van der Waals surface area (Å²) in [6.07, 6.45) is 1.79. The molecule has 3 aromatic carbocycles. The normalized spacial score (nSPS) is 15.2. The van der Waals surface area contributed by atoms with Crippen molar-refractivity contribution in [3.8, 4) is 0 Å². The van der Waals surface area contributed by atoms with E-state index in [1.807, 2.05) is 62.6 Å². The van der Waals surface area contributed by atoms with Crippen LogP contribution in [0.1, 0.15) is 11.1 Å². The molecule has 0 amide bonds. The molecule has 4 nitrogen and oxygen atoms in total. The number of aliphatic imine (C=N–C) groups is 1. The first-order chi connectivity index (χ1) is 12.6. The Morgan fingerprint density at radius 3 is 2.31 bits per heavy atom. The molecule has 1 aliphatic rings. The van der Waals surface area contributed by atoms with E-state index >= 15 is 0 Å². The van der Waals surface area contributed by atoms with Gasteiger partial charge < -0.3 is 9.64 Å². The fraction of sp³-hybridized carbons (Fsp3) is 0.0909. The van der Waals surface area contributed by atoms with E-state index in [1.165, 1.54) is 0 Å². The molecule has 0 saturated heterocycles. The van der Waals surface area contributed by atoms with Gasteiger partial charge in [0.05, 0.1) is 0 Å². The number of cyclic esters (lactones) is 1. The molecular formula is C22H18N2O2. The van der Waals surface area contributed by atoms with E-state index in [0.29, 0.717) is 11.6 Å². The van der Waals surface area contributed by atoms with Gasteiger partial charge in [-0.2, -0.15) is 0 Å². The van der Waals surface area contributed by atoms with Crippen molar-refractivity contribution in [1.29, 1.82) is 0 Å². The highest BCUT2D eigenvalue weighted by Crippen LogP contribution is 2.30. The maximum atomic E-state index is 12.3. The summed E-state index contributed by atoms with van der Waals surface area (Å²) in [5.41, 5.74) is 3.17. The molecule has 128 valence electrons. The number of carbonyl (C=O) groups excluding carboxylic acids is 1. The van der Waals surface area contributed by atoms with Crippen LogP contribution in [0.25, 0.3) is 16.8 Å². The molecule has 0 radical (unpaired) electrons. The Labute approximate surface area is 152 Å². The van der Waals surface area contributed by atoms with Crippen molar-refractivity contribution in [3.63, 3.8) is 0 Å². The predicted molar refractivity (Wildman–Crippen MR) is 105 cm³/mol. The van der Waals surface area contributed by atoms with Crippen LogP contribution in [0.4, 0.5) is 5.69 Å². The lowest BCUT2D eigenvalue weighted by Gasteiger charge is -2.16. The molecule has 0 saturated carbocycles. The minimum absolute atomic E-state index is 0.312. The average Bonchev–Trinajstić information content (AvgIpc) is 3.03. The third-order valence-corrected chi connectivity index (χ3v) is 4.35. The zero-order valence-electron chi connectivity index (χ0n) is 14.6. The van der Waals surface area contributed by atoms with Gasteiger partial charge in [-0.05, 0) is 35.2 Å². The van der Waals surface area contributed by atoms with Gasteiger partial charge >= 0.3 is 5.97 Å². The van der Waals surface area contributed by atoms with Crippen LogP contribution in [-0.4, -0.2) is 26.0 Å². The SMILES string of the molecule is CN(C)c1ccc(C=C2N=C(c3ccccc3)OC2=O)c2ccccc12. The molecule has 0 atom stereocenters. The quantitative estimate of drug-likeness (QED) is 0.528. The fourth-order valence-corrected chi connectivity index (χ4v) is 3.08. The number of anilines is 1. The number of hydrogen-bond donors (Lipinski definition) is 0. The van der Waals surface area contributed by atoms with E-state index in [1.54, 1.807) is 6.08 Å². The van der Waals surface area contributed by atoms with Crippen LogP contribution in [0.2, 0.25) is 0 Å². The van der Waals surface area contributed by atoms with Crippen LogP contribution >= 0.6 is 0 Å². The van der Waals surface area contributed by atoms with Crippen molar-refractivity contribution in [1.82, 2.24) is 0 Å². The molecule has 4 rings (SSSR count). The number of carbonyl (C=O) groups is 1. The Morgan fingerprint density at radius 2 is 1.58 bits per heavy atom. The number of benzene rings is 3. The predicted octanol–water partition coefficient (Wildman–Crippen LogP) is 4.25. The summed E-state index contributed by atoms with van der Waals surface area (Å²) in [6.45, 7) is 0. The topological polar surface area (TPSA) is 41.9 Å². The summed E-state index contributed by atoms with van der Waals surface area (Å²) in [4.78, 5) is 18.7. The molecule has 0 N–H and O–H groups in total. The second-order valence-electron chi connectivity index (χ2n) is 6.32. The van der Waals surface area contributed by atoms with E-state index < -0.39 is 5.97 Å². The third kappa shape index (κ3) is 2.86. The van der Waals surface area contributed by atoms with Crippen LogP contribution in [0, 0.1) is 0 Å². The molecule has 3 aromatic rings. The van der Waals surface area contributed by atoms with Gasteiger partial charge in [0.25, 0.3) is 0 Å². The van der Waals surface area contributed by atoms with Gasteiger partial charge in [0.15, 0.2) is 5.70 Å². The number of ether oxygens (including phenoxy) is 1. The molecule has 1 heterocycles. The Morgan fingerprint density at radius 1 is 0.885 bits per heavy atom. The van der Waals surface area contributed by atoms with Crippen LogP contribution in [0.15, 0.2) is 77.4 Å². The van der Waals surface area contributed by atoms with E-state index in [-0.39, 0.29) is 0 Å². The number of hydrogen-bond acceptors (Lipinski definition) is 4. The van der Waals surface area contributed by atoms with E-state index in [9.17, 15) is 4.79 Å². The van der Waals surface area contributed by atoms with Gasteiger partial charge in [-0.3, -0.25) is 0 Å². The van der Waals surface area contributed by atoms with Gasteiger partial charge in [-0.25, -0.2) is 9.79 Å². The van der Waals surface area contributed by atoms with Gasteiger partial charge in [0.1, 0.15) is 0 Å². The second-order valence-corrected chi connectivity index (χ2v) is 6.32. The van der Waals surface area contributed by atoms with Crippen molar-refractivity contribution < 1.29 is 9.53 Å². The molecular weight excluding hydrogens is 324 g/mol. The van der Waals surface area contributed by atoms with Gasteiger partial charge in [-0.15, -0.1) is 0 Å². The van der Waals surface area contributed by atoms with Crippen molar-refractivity contribution in [3.05, 3.63) is 83.6 Å². The standard InChI is InChI=1S/C22H18N2O2/c1-24(2)20-13-12-16(17-10-6-7-11-18(17)20)14-19-22(25)26-21(23-19)15-8-4-3-5-9-15/h3-14H,1-2H3. The van der Waals surface area contributed by atoms with Crippen molar-refractivity contribution >= 4 is 34.4 Å². The molecule has 0 bridgehead atoms. The lowest BCUT2D eigenvalue weighted by molar-refractivity contribution is -0.129. The van der Waals surface area contributed by atoms with E-state index in [2.05, 4.69) is 28.1 Å². The second kappa shape index (κ2) is 6.48. The van der Waals surface area contributed by atoms with Gasteiger partial charge in [-0.1, -0.05) is 48.5 Å². The van der Waals surface area contributed by atoms with Crippen molar-refractivity contribution in [2.75, 3.05) is 19.0 Å². The number of rotatable bonds is 3. The summed E-state index contributed by atoms with van der Waals surface area (Å²) in [6, 6.07) is 21.6. The first-order valence-corrected chi connectivity index (χ1v) is 8.40. The molecule has 26 heavy (non-hydrogen) atoms. The van der Waals surface area contributed by atoms with Crippen molar-refractivity contribution in [2.45, 2.75) is 0 Å². The first kappa shape index (κ1) is 16.1. The summed E-state index contributed by atoms with van der Waals surface area (Å²) in [5, 5.41) is 2.20. The number of nitrogens with zero attached hydrogens (tertiary/aromatic N) is 2. The Kier molecular flexibility index (Phi) is 4.01. The highest BCUT2D eigenvalue weighted by molar-refractivity contribution is 6.13. The van der Waals surface area contributed by atoms with Crippen LogP contribution in [-0.2, 0) is 9.53 Å². The third-order valence-electron chi connectivity index (χ3n) is 4.35. The smallest absolute Gasteiger partial charge is 0.363 e. The zero-order chi connectivity index (χ0) is 18.1. The van der Waals surface area contributed by atoms with E-state index in [4.69, 9.17) is 4.74 Å². The molecule has 0 spiro atoms. The molecule has 4 heteroatoms. The van der Waals surface area contributed by atoms with Gasteiger partial charge in [0, 0.05) is 30.7 Å². The lowest BCUT2D eigenvalue weighted by Crippen LogP contribution is -2.09. The first-order valence-electron chi connectivity index (χ1n) is 8.40. The summed E-state index contributed by atoms with van der Waals surface area (Å²) >= 11 is 0. The summed E-state index contributed by atoms with van der Waals surface area (Å²) in [5.74, 6) is -0.0827. The van der Waals surface area contributed by atoms with E-state index in [0.717, 1.165) is 27.6 Å².